The number of hydrogen-bond donors (Lipinski definition) is 1. The highest BCUT2D eigenvalue weighted by Crippen LogP contribution is 2.22. The lowest BCUT2D eigenvalue weighted by Gasteiger charge is -2.00. The summed E-state index contributed by atoms with van der Waals surface area (Å²) in [5.74, 6) is -1.58. The number of hydrogen-bond acceptors (Lipinski definition) is 6. The first-order chi connectivity index (χ1) is 11.1. The molecule has 1 aromatic carbocycles. The Bertz CT molecular complexity index is 799. The van der Waals surface area contributed by atoms with Crippen molar-refractivity contribution in [3.05, 3.63) is 52.8 Å². The lowest BCUT2D eigenvalue weighted by atomic mass is 10.1. The van der Waals surface area contributed by atoms with Gasteiger partial charge in [0.05, 0.1) is 0 Å². The van der Waals surface area contributed by atoms with Gasteiger partial charge in [0.25, 0.3) is 0 Å². The van der Waals surface area contributed by atoms with Crippen LogP contribution in [0, 0.1) is 11.6 Å². The van der Waals surface area contributed by atoms with Gasteiger partial charge in [-0.15, -0.1) is 16.4 Å². The smallest absolute Gasteiger partial charge is 0.248 e. The minimum atomic E-state index is -0.625. The van der Waals surface area contributed by atoms with Gasteiger partial charge in [0.15, 0.2) is 5.13 Å². The number of anilines is 1. The predicted octanol–water partition coefficient (Wildman–Crippen LogP) is 1.64. The fourth-order valence-electron chi connectivity index (χ4n) is 1.92. The third-order valence-corrected chi connectivity index (χ3v) is 3.71. The number of aromatic nitrogens is 5. The zero-order valence-corrected chi connectivity index (χ0v) is 12.4. The molecule has 23 heavy (non-hydrogen) atoms. The third-order valence-electron chi connectivity index (χ3n) is 2.80. The molecule has 1 amide bonds. The first-order valence-electron chi connectivity index (χ1n) is 6.49. The fourth-order valence-corrected chi connectivity index (χ4v) is 2.78. The van der Waals surface area contributed by atoms with Crippen molar-refractivity contribution in [3.8, 4) is 0 Å². The molecule has 0 aliphatic heterocycles. The summed E-state index contributed by atoms with van der Waals surface area (Å²) in [6, 6.07) is 3.35. The van der Waals surface area contributed by atoms with Gasteiger partial charge in [-0.25, -0.2) is 18.4 Å². The molecule has 0 fully saturated rings. The van der Waals surface area contributed by atoms with E-state index in [1.165, 1.54) is 34.5 Å². The van der Waals surface area contributed by atoms with E-state index in [2.05, 4.69) is 25.8 Å². The van der Waals surface area contributed by atoms with Gasteiger partial charge in [-0.1, -0.05) is 0 Å². The summed E-state index contributed by atoms with van der Waals surface area (Å²) in [6.45, 7) is -0.0307. The molecule has 0 saturated heterocycles. The maximum Gasteiger partial charge on any atom is 0.248 e. The van der Waals surface area contributed by atoms with E-state index >= 15 is 0 Å². The second kappa shape index (κ2) is 6.57. The molecule has 0 aliphatic carbocycles. The molecular weight excluding hydrogens is 326 g/mol. The number of halogens is 2. The van der Waals surface area contributed by atoms with Gasteiger partial charge in [0, 0.05) is 23.6 Å². The van der Waals surface area contributed by atoms with Crippen LogP contribution in [-0.4, -0.2) is 31.1 Å². The van der Waals surface area contributed by atoms with E-state index in [1.807, 2.05) is 0 Å². The monoisotopic (exact) mass is 336 g/mol. The Labute approximate surface area is 133 Å². The number of tetrazole rings is 1. The molecule has 2 aromatic heterocycles. The fraction of sp³-hybridized carbons (Fsp3) is 0.154. The first kappa shape index (κ1) is 15.2. The maximum atomic E-state index is 13.2. The van der Waals surface area contributed by atoms with Crippen LogP contribution in [-0.2, 0) is 17.8 Å². The number of carbonyl (C=O) groups is 1. The molecule has 7 nitrogen and oxygen atoms in total. The molecule has 2 heterocycles. The number of nitrogens with zero attached hydrogens (tertiary/aromatic N) is 5. The molecule has 118 valence electrons. The van der Waals surface area contributed by atoms with Gasteiger partial charge in [-0.3, -0.25) is 4.79 Å². The van der Waals surface area contributed by atoms with Gasteiger partial charge in [-0.2, -0.15) is 0 Å². The SMILES string of the molecule is O=C(Cn1cnnn1)Nc1ncc(Cc2cc(F)cc(F)c2)s1. The Morgan fingerprint density at radius 1 is 1.26 bits per heavy atom. The molecular formula is C13H10F2N6OS. The molecule has 0 bridgehead atoms. The van der Waals surface area contributed by atoms with Gasteiger partial charge in [0.2, 0.25) is 5.91 Å². The number of thiazole rings is 1. The summed E-state index contributed by atoms with van der Waals surface area (Å²) < 4.78 is 27.6. The van der Waals surface area contributed by atoms with Crippen LogP contribution < -0.4 is 5.32 Å². The van der Waals surface area contributed by atoms with Crippen molar-refractivity contribution in [1.29, 1.82) is 0 Å². The van der Waals surface area contributed by atoms with E-state index in [1.54, 1.807) is 6.20 Å². The Morgan fingerprint density at radius 2 is 2.04 bits per heavy atom. The molecule has 0 radical (unpaired) electrons. The highest BCUT2D eigenvalue weighted by atomic mass is 32.1. The highest BCUT2D eigenvalue weighted by molar-refractivity contribution is 7.15. The number of benzene rings is 1. The Hall–Kier alpha value is -2.75. The van der Waals surface area contributed by atoms with Gasteiger partial charge in [0.1, 0.15) is 24.5 Å². The zero-order valence-electron chi connectivity index (χ0n) is 11.6. The number of rotatable bonds is 5. The molecule has 0 aliphatic rings. The molecule has 0 spiro atoms. The van der Waals surface area contributed by atoms with E-state index in [4.69, 9.17) is 0 Å². The van der Waals surface area contributed by atoms with Crippen molar-refractivity contribution in [1.82, 2.24) is 25.2 Å². The molecule has 10 heteroatoms. The van der Waals surface area contributed by atoms with E-state index in [-0.39, 0.29) is 12.5 Å². The van der Waals surface area contributed by atoms with Crippen molar-refractivity contribution in [2.75, 3.05) is 5.32 Å². The summed E-state index contributed by atoms with van der Waals surface area (Å²) in [7, 11) is 0. The minimum absolute atomic E-state index is 0.0307. The van der Waals surface area contributed by atoms with Crippen LogP contribution >= 0.6 is 11.3 Å². The summed E-state index contributed by atoms with van der Waals surface area (Å²) in [6.07, 6.45) is 3.21. The van der Waals surface area contributed by atoms with Crippen molar-refractivity contribution in [2.24, 2.45) is 0 Å². The first-order valence-corrected chi connectivity index (χ1v) is 7.30. The highest BCUT2D eigenvalue weighted by Gasteiger charge is 2.09. The summed E-state index contributed by atoms with van der Waals surface area (Å²) in [5.41, 5.74) is 0.498. The van der Waals surface area contributed by atoms with Crippen molar-refractivity contribution in [2.45, 2.75) is 13.0 Å². The van der Waals surface area contributed by atoms with Crippen LogP contribution in [0.5, 0.6) is 0 Å². The summed E-state index contributed by atoms with van der Waals surface area (Å²) in [4.78, 5) is 16.6. The van der Waals surface area contributed by atoms with Crippen LogP contribution in [0.1, 0.15) is 10.4 Å². The number of amides is 1. The molecule has 3 aromatic rings. The van der Waals surface area contributed by atoms with Crippen LogP contribution in [0.2, 0.25) is 0 Å². The second-order valence-electron chi connectivity index (χ2n) is 4.64. The zero-order chi connectivity index (χ0) is 16.2. The molecule has 1 N–H and O–H groups in total. The minimum Gasteiger partial charge on any atom is -0.300 e. The lowest BCUT2D eigenvalue weighted by Crippen LogP contribution is -2.18. The average molecular weight is 336 g/mol. The molecule has 0 saturated carbocycles. The molecule has 3 rings (SSSR count). The van der Waals surface area contributed by atoms with Gasteiger partial charge in [-0.05, 0) is 28.1 Å². The molecule has 0 unspecified atom stereocenters. The Morgan fingerprint density at radius 3 is 2.74 bits per heavy atom. The van der Waals surface area contributed by atoms with Gasteiger partial charge < -0.3 is 5.32 Å². The predicted molar refractivity (Wildman–Crippen MR) is 77.7 cm³/mol. The lowest BCUT2D eigenvalue weighted by molar-refractivity contribution is -0.116. The van der Waals surface area contributed by atoms with Crippen molar-refractivity contribution < 1.29 is 13.6 Å². The summed E-state index contributed by atoms with van der Waals surface area (Å²) >= 11 is 1.23. The van der Waals surface area contributed by atoms with E-state index in [0.29, 0.717) is 17.1 Å². The van der Waals surface area contributed by atoms with Crippen LogP contribution in [0.15, 0.2) is 30.7 Å². The van der Waals surface area contributed by atoms with Crippen LogP contribution in [0.4, 0.5) is 13.9 Å². The van der Waals surface area contributed by atoms with E-state index in [9.17, 15) is 13.6 Å². The van der Waals surface area contributed by atoms with Crippen molar-refractivity contribution >= 4 is 22.4 Å². The van der Waals surface area contributed by atoms with Crippen molar-refractivity contribution in [3.63, 3.8) is 0 Å². The third kappa shape index (κ3) is 4.13. The average Bonchev–Trinajstić information content (AvgIpc) is 3.10. The quantitative estimate of drug-likeness (QED) is 0.765. The normalized spacial score (nSPS) is 10.7. The number of carbonyl (C=O) groups excluding carboxylic acids is 1. The summed E-state index contributed by atoms with van der Waals surface area (Å²) in [5, 5.41) is 13.4. The van der Waals surface area contributed by atoms with E-state index < -0.39 is 11.6 Å². The second-order valence-corrected chi connectivity index (χ2v) is 5.76. The Balaban J connectivity index is 1.62. The molecule has 0 atom stereocenters. The van der Waals surface area contributed by atoms with Crippen LogP contribution in [0.3, 0.4) is 0 Å². The van der Waals surface area contributed by atoms with E-state index in [0.717, 1.165) is 10.9 Å². The maximum absolute atomic E-state index is 13.2. The Kier molecular flexibility index (Phi) is 4.33. The largest absolute Gasteiger partial charge is 0.300 e. The topological polar surface area (TPSA) is 85.6 Å². The number of nitrogens with one attached hydrogen (secondary N) is 1. The standard InChI is InChI=1S/C13H10F2N6OS/c14-9-1-8(2-10(15)4-9)3-11-5-16-13(23-11)18-12(22)6-21-7-17-19-20-21/h1-2,4-5,7H,3,6H2,(H,16,18,22). The van der Waals surface area contributed by atoms with Gasteiger partial charge >= 0.3 is 0 Å². The van der Waals surface area contributed by atoms with Crippen LogP contribution in [0.25, 0.3) is 0 Å².